The first-order valence-electron chi connectivity index (χ1n) is 18.6. The second-order valence-corrected chi connectivity index (χ2v) is 14.1. The average Bonchev–Trinajstić information content (AvgIpc) is 4.13. The molecule has 2 aliphatic rings. The molecule has 0 atom stereocenters. The number of H-pyrrole nitrogens is 2. The standard InChI is InChI=1S/C47H24F8N4O4/c1-63-47(62)23-8-4-21(5-9-23)37-30-12-16-34(58-30)38(40-42(52)24(48)18-25(49)43(40)53)32-14-10-28(56-32)36(20-2-6-22(7-3-20)46(60)61)29-11-15-33(57-29)39(35-17-13-31(37)59-35)41-44(54)26(50)19-27(51)45(41)55/h2-19,56,59H,1H3,(H,60,61). The highest BCUT2D eigenvalue weighted by molar-refractivity contribution is 6.01. The van der Waals surface area contributed by atoms with Crippen molar-refractivity contribution < 1.29 is 54.6 Å². The zero-order chi connectivity index (χ0) is 44.4. The summed E-state index contributed by atoms with van der Waals surface area (Å²) in [4.78, 5) is 39.6. The third-order valence-corrected chi connectivity index (χ3v) is 10.5. The molecule has 4 aromatic carbocycles. The van der Waals surface area contributed by atoms with Crippen molar-refractivity contribution in [2.75, 3.05) is 7.11 Å². The first-order chi connectivity index (χ1) is 30.2. The van der Waals surface area contributed by atoms with Gasteiger partial charge in [-0.2, -0.15) is 0 Å². The Balaban J connectivity index is 1.50. The molecule has 0 unspecified atom stereocenters. The quantitative estimate of drug-likeness (QED) is 0.0870. The van der Waals surface area contributed by atoms with Crippen molar-refractivity contribution >= 4 is 58.3 Å². The maximum atomic E-state index is 15.9. The van der Waals surface area contributed by atoms with Crippen LogP contribution in [-0.4, -0.2) is 44.1 Å². The van der Waals surface area contributed by atoms with Gasteiger partial charge in [0.25, 0.3) is 0 Å². The van der Waals surface area contributed by atoms with Crippen molar-refractivity contribution in [3.05, 3.63) is 165 Å². The molecule has 8 bridgehead atoms. The fourth-order valence-electron chi connectivity index (χ4n) is 7.59. The molecule has 9 rings (SSSR count). The molecule has 0 saturated heterocycles. The number of methoxy groups -OCH3 is 1. The van der Waals surface area contributed by atoms with Crippen LogP contribution < -0.4 is 0 Å². The van der Waals surface area contributed by atoms with Gasteiger partial charge in [0, 0.05) is 56.5 Å². The fraction of sp³-hybridized carbons (Fsp3) is 0.0213. The van der Waals surface area contributed by atoms with Crippen LogP contribution in [-0.2, 0) is 4.74 Å². The second kappa shape index (κ2) is 15.4. The number of carbonyl (C=O) groups excluding carboxylic acids is 1. The Hall–Kier alpha value is -8.14. The summed E-state index contributed by atoms with van der Waals surface area (Å²) in [5.74, 6) is -15.6. The van der Waals surface area contributed by atoms with Crippen LogP contribution in [0.3, 0.4) is 0 Å². The largest absolute Gasteiger partial charge is 0.478 e. The van der Waals surface area contributed by atoms with Gasteiger partial charge in [-0.3, -0.25) is 0 Å². The van der Waals surface area contributed by atoms with Gasteiger partial charge in [0.1, 0.15) is 0 Å². The molecule has 3 N–H and O–H groups in total. The van der Waals surface area contributed by atoms with Gasteiger partial charge < -0.3 is 19.8 Å². The summed E-state index contributed by atoms with van der Waals surface area (Å²) in [5.41, 5.74) is -2.25. The van der Waals surface area contributed by atoms with Crippen LogP contribution in [0.2, 0.25) is 0 Å². The molecule has 3 aromatic heterocycles. The number of esters is 1. The lowest BCUT2D eigenvalue weighted by molar-refractivity contribution is 0.0599. The number of hydrogen-bond acceptors (Lipinski definition) is 5. The number of rotatable bonds is 6. The molecule has 63 heavy (non-hydrogen) atoms. The van der Waals surface area contributed by atoms with Gasteiger partial charge in [0.15, 0.2) is 46.5 Å². The van der Waals surface area contributed by atoms with E-state index in [4.69, 9.17) is 9.72 Å². The predicted molar refractivity (Wildman–Crippen MR) is 219 cm³/mol. The molecule has 0 spiro atoms. The molecule has 0 radical (unpaired) electrons. The smallest absolute Gasteiger partial charge is 0.337 e. The van der Waals surface area contributed by atoms with E-state index in [1.54, 1.807) is 0 Å². The van der Waals surface area contributed by atoms with Gasteiger partial charge in [-0.1, -0.05) is 24.3 Å². The van der Waals surface area contributed by atoms with Crippen molar-refractivity contribution in [3.63, 3.8) is 0 Å². The van der Waals surface area contributed by atoms with Crippen LogP contribution in [0.25, 0.3) is 90.9 Å². The summed E-state index contributed by atoms with van der Waals surface area (Å²) in [6.07, 6.45) is 5.47. The summed E-state index contributed by atoms with van der Waals surface area (Å²) in [6.45, 7) is 0. The SMILES string of the molecule is COC(=O)c1ccc(-c2c3nc(c(-c4c(F)c(F)cc(F)c4F)c4ccc([nH]4)c(-c4ccc(C(=O)O)cc4)c4nc(c(-c5c(F)c(F)cc(F)c5F)c5ccc2[nH]5)C=C4)C=C3)cc1. The highest BCUT2D eigenvalue weighted by Crippen LogP contribution is 2.41. The van der Waals surface area contributed by atoms with Crippen molar-refractivity contribution in [1.29, 1.82) is 0 Å². The van der Waals surface area contributed by atoms with Crippen molar-refractivity contribution in [2.45, 2.75) is 0 Å². The van der Waals surface area contributed by atoms with E-state index in [1.165, 1.54) is 104 Å². The highest BCUT2D eigenvalue weighted by Gasteiger charge is 2.28. The average molecular weight is 861 g/mol. The van der Waals surface area contributed by atoms with Gasteiger partial charge in [-0.15, -0.1) is 0 Å². The summed E-state index contributed by atoms with van der Waals surface area (Å²) < 4.78 is 128. The Labute approximate surface area is 349 Å². The Morgan fingerprint density at radius 2 is 0.778 bits per heavy atom. The number of carboxylic acids is 1. The minimum atomic E-state index is -1.73. The lowest BCUT2D eigenvalue weighted by atomic mass is 10.0. The first-order valence-corrected chi connectivity index (χ1v) is 18.6. The third-order valence-electron chi connectivity index (χ3n) is 10.5. The van der Waals surface area contributed by atoms with E-state index in [9.17, 15) is 32.3 Å². The molecule has 8 nitrogen and oxygen atoms in total. The number of aromatic carboxylic acids is 1. The molecular weight excluding hydrogens is 837 g/mol. The molecule has 16 heteroatoms. The van der Waals surface area contributed by atoms with Gasteiger partial charge >= 0.3 is 11.9 Å². The number of aromatic nitrogens is 4. The van der Waals surface area contributed by atoms with E-state index in [0.717, 1.165) is 0 Å². The summed E-state index contributed by atoms with van der Waals surface area (Å²) >= 11 is 0. The monoisotopic (exact) mass is 860 g/mol. The number of benzene rings is 4. The van der Waals surface area contributed by atoms with Crippen LogP contribution in [0.5, 0.6) is 0 Å². The number of fused-ring (bicyclic) bond motifs is 8. The zero-order valence-electron chi connectivity index (χ0n) is 32.0. The van der Waals surface area contributed by atoms with E-state index in [-0.39, 0.29) is 79.2 Å². The topological polar surface area (TPSA) is 121 Å². The lowest BCUT2D eigenvalue weighted by Gasteiger charge is -2.10. The lowest BCUT2D eigenvalue weighted by Crippen LogP contribution is -2.01. The number of nitrogens with zero attached hydrogens (tertiary/aromatic N) is 2. The number of halogens is 8. The number of hydrogen-bond donors (Lipinski definition) is 3. The van der Waals surface area contributed by atoms with Gasteiger partial charge in [-0.05, 0) is 84.0 Å². The van der Waals surface area contributed by atoms with Crippen LogP contribution in [0.4, 0.5) is 35.1 Å². The maximum Gasteiger partial charge on any atom is 0.337 e. The van der Waals surface area contributed by atoms with Crippen LogP contribution in [0, 0.1) is 46.5 Å². The Bertz CT molecular complexity index is 3240. The fourth-order valence-corrected chi connectivity index (χ4v) is 7.59. The van der Waals surface area contributed by atoms with Crippen molar-refractivity contribution in [2.24, 2.45) is 0 Å². The normalized spacial score (nSPS) is 12.0. The summed E-state index contributed by atoms with van der Waals surface area (Å²) in [7, 11) is 1.19. The number of nitrogens with one attached hydrogen (secondary N) is 2. The molecular formula is C47H24F8N4O4. The minimum absolute atomic E-state index is 0.0397. The molecule has 312 valence electrons. The zero-order valence-corrected chi connectivity index (χ0v) is 32.0. The molecule has 7 aromatic rings. The highest BCUT2D eigenvalue weighted by atomic mass is 19.2. The van der Waals surface area contributed by atoms with Crippen LogP contribution in [0.1, 0.15) is 43.5 Å². The molecule has 0 saturated carbocycles. The Kier molecular flexibility index (Phi) is 9.84. The van der Waals surface area contributed by atoms with E-state index in [0.29, 0.717) is 11.1 Å². The Morgan fingerprint density at radius 3 is 1.11 bits per heavy atom. The maximum absolute atomic E-state index is 15.9. The van der Waals surface area contributed by atoms with Crippen LogP contribution >= 0.6 is 0 Å². The molecule has 0 fully saturated rings. The summed E-state index contributed by atoms with van der Waals surface area (Å²) in [5, 5.41) is 9.60. The Morgan fingerprint density at radius 1 is 0.460 bits per heavy atom. The van der Waals surface area contributed by atoms with E-state index in [2.05, 4.69) is 15.0 Å². The number of carbonyl (C=O) groups is 2. The van der Waals surface area contributed by atoms with E-state index < -0.39 is 80.7 Å². The molecule has 5 heterocycles. The molecule has 0 aliphatic carbocycles. The van der Waals surface area contributed by atoms with Crippen LogP contribution in [0.15, 0.2) is 84.9 Å². The van der Waals surface area contributed by atoms with Gasteiger partial charge in [0.05, 0.1) is 52.1 Å². The van der Waals surface area contributed by atoms with E-state index in [1.807, 2.05) is 0 Å². The van der Waals surface area contributed by atoms with Gasteiger partial charge in [-0.25, -0.2) is 54.7 Å². The number of aromatic amines is 2. The minimum Gasteiger partial charge on any atom is -0.478 e. The molecule has 0 amide bonds. The number of ether oxygens (including phenoxy) is 1. The van der Waals surface area contributed by atoms with Crippen molar-refractivity contribution in [3.8, 4) is 44.5 Å². The first kappa shape index (κ1) is 40.3. The van der Waals surface area contributed by atoms with E-state index >= 15 is 17.6 Å². The predicted octanol–water partition coefficient (Wildman–Crippen LogP) is 11.9. The van der Waals surface area contributed by atoms with Crippen molar-refractivity contribution in [1.82, 2.24) is 19.9 Å². The number of carboxylic acid groups (broad SMARTS) is 1. The third kappa shape index (κ3) is 6.81. The molecule has 2 aliphatic heterocycles. The second-order valence-electron chi connectivity index (χ2n) is 14.1. The van der Waals surface area contributed by atoms with Gasteiger partial charge in [0.2, 0.25) is 0 Å². The summed E-state index contributed by atoms with van der Waals surface area (Å²) in [6, 6.07) is 17.0.